The molecule has 6 nitrogen and oxygen atoms in total. The predicted octanol–water partition coefficient (Wildman–Crippen LogP) is 23.9. The van der Waals surface area contributed by atoms with Crippen molar-refractivity contribution < 1.29 is 24.5 Å². The maximum Gasteiger partial charge on any atom is 0.305 e. The van der Waals surface area contributed by atoms with Crippen molar-refractivity contribution in [3.63, 3.8) is 0 Å². The minimum absolute atomic E-state index is 0.0112. The highest BCUT2D eigenvalue weighted by molar-refractivity contribution is 5.76. The molecular formula is C75H143NO5. The van der Waals surface area contributed by atoms with Gasteiger partial charge in [0.2, 0.25) is 5.91 Å². The molecule has 0 radical (unpaired) electrons. The molecule has 0 aromatic heterocycles. The summed E-state index contributed by atoms with van der Waals surface area (Å²) >= 11 is 0. The Morgan fingerprint density at radius 3 is 0.877 bits per heavy atom. The summed E-state index contributed by atoms with van der Waals surface area (Å²) in [6.07, 6.45) is 90.9. The molecule has 0 aromatic carbocycles. The van der Waals surface area contributed by atoms with Gasteiger partial charge in [-0.2, -0.15) is 0 Å². The van der Waals surface area contributed by atoms with Gasteiger partial charge < -0.3 is 20.3 Å². The third-order valence-electron chi connectivity index (χ3n) is 17.1. The lowest BCUT2D eigenvalue weighted by Gasteiger charge is -2.20. The van der Waals surface area contributed by atoms with E-state index in [0.717, 1.165) is 44.9 Å². The Hall–Kier alpha value is -1.92. The molecule has 478 valence electrons. The van der Waals surface area contributed by atoms with E-state index in [0.29, 0.717) is 19.4 Å². The van der Waals surface area contributed by atoms with Crippen LogP contribution in [0.4, 0.5) is 0 Å². The Balaban J connectivity index is 3.41. The van der Waals surface area contributed by atoms with Gasteiger partial charge in [-0.15, -0.1) is 0 Å². The summed E-state index contributed by atoms with van der Waals surface area (Å²) in [6, 6.07) is -0.631. The van der Waals surface area contributed by atoms with Gasteiger partial charge in [0.25, 0.3) is 0 Å². The van der Waals surface area contributed by atoms with Gasteiger partial charge in [-0.3, -0.25) is 9.59 Å². The fraction of sp³-hybridized carbons (Fsp3) is 0.893. The van der Waals surface area contributed by atoms with E-state index in [1.807, 2.05) is 6.08 Å². The van der Waals surface area contributed by atoms with Gasteiger partial charge in [0.1, 0.15) is 0 Å². The Morgan fingerprint density at radius 1 is 0.333 bits per heavy atom. The van der Waals surface area contributed by atoms with Crippen LogP contribution in [0.1, 0.15) is 406 Å². The first-order valence-electron chi connectivity index (χ1n) is 36.8. The van der Waals surface area contributed by atoms with E-state index >= 15 is 0 Å². The Kier molecular flexibility index (Phi) is 68.9. The number of esters is 1. The zero-order valence-corrected chi connectivity index (χ0v) is 54.8. The number of carbonyl (C=O) groups excluding carboxylic acids is 2. The minimum atomic E-state index is -0.847. The van der Waals surface area contributed by atoms with Crippen molar-refractivity contribution in [1.82, 2.24) is 5.32 Å². The van der Waals surface area contributed by atoms with Crippen LogP contribution < -0.4 is 5.32 Å². The molecule has 2 unspecified atom stereocenters. The van der Waals surface area contributed by atoms with Crippen LogP contribution in [-0.4, -0.2) is 47.4 Å². The van der Waals surface area contributed by atoms with Crippen LogP contribution in [0.5, 0.6) is 0 Å². The average Bonchev–Trinajstić information content (AvgIpc) is 3.47. The van der Waals surface area contributed by atoms with Crippen LogP contribution >= 0.6 is 0 Å². The van der Waals surface area contributed by atoms with Gasteiger partial charge in [-0.1, -0.05) is 346 Å². The highest BCUT2D eigenvalue weighted by Crippen LogP contribution is 2.19. The number of aliphatic hydroxyl groups is 2. The maximum absolute atomic E-state index is 12.5. The first-order valence-corrected chi connectivity index (χ1v) is 36.8. The number of nitrogens with one attached hydrogen (secondary N) is 1. The molecular weight excluding hydrogens is 995 g/mol. The fourth-order valence-electron chi connectivity index (χ4n) is 11.5. The number of carbonyl (C=O) groups is 2. The molecule has 0 saturated carbocycles. The zero-order chi connectivity index (χ0) is 58.5. The normalized spacial score (nSPS) is 12.7. The molecule has 0 aliphatic carbocycles. The summed E-state index contributed by atoms with van der Waals surface area (Å²) in [5.41, 5.74) is 0. The summed E-state index contributed by atoms with van der Waals surface area (Å²) in [4.78, 5) is 24.6. The standard InChI is InChI=1S/C75H143NO5/c1-3-5-7-9-11-13-15-17-19-21-22-29-32-36-39-43-47-51-55-59-63-67-73(78)72(71-77)76-74(79)68-64-60-56-52-48-44-40-37-33-30-27-25-23-24-26-28-31-34-38-42-46-50-54-58-62-66-70-81-75(80)69-65-61-57-53-49-45-41-35-20-18-16-14-12-10-8-6-4-2/h18,20,23,25,63,67,72-73,77-78H,3-17,19,21-22,24,26-62,64-66,68-71H2,1-2H3,(H,76,79)/b20-18-,25-23-,67-63+. The number of rotatable bonds is 69. The van der Waals surface area contributed by atoms with Gasteiger partial charge in [-0.25, -0.2) is 0 Å². The third-order valence-corrected chi connectivity index (χ3v) is 17.1. The molecule has 0 spiro atoms. The number of hydrogen-bond acceptors (Lipinski definition) is 5. The fourth-order valence-corrected chi connectivity index (χ4v) is 11.5. The second-order valence-corrected chi connectivity index (χ2v) is 25.3. The molecule has 0 aliphatic heterocycles. The quantitative estimate of drug-likeness (QED) is 0.0320. The Morgan fingerprint density at radius 2 is 0.580 bits per heavy atom. The van der Waals surface area contributed by atoms with Crippen molar-refractivity contribution in [3.05, 3.63) is 36.5 Å². The summed E-state index contributed by atoms with van der Waals surface area (Å²) in [5, 5.41) is 23.3. The van der Waals surface area contributed by atoms with E-state index in [-0.39, 0.29) is 18.5 Å². The first kappa shape index (κ1) is 79.1. The summed E-state index contributed by atoms with van der Waals surface area (Å²) in [6.45, 7) is 4.94. The van der Waals surface area contributed by atoms with Crippen LogP contribution in [0.25, 0.3) is 0 Å². The van der Waals surface area contributed by atoms with Crippen LogP contribution in [0.2, 0.25) is 0 Å². The molecule has 3 N–H and O–H groups in total. The van der Waals surface area contributed by atoms with Crippen molar-refractivity contribution in [2.75, 3.05) is 13.2 Å². The summed E-state index contributed by atoms with van der Waals surface area (Å²) in [5.74, 6) is -0.0549. The third kappa shape index (κ3) is 67.1. The largest absolute Gasteiger partial charge is 0.466 e. The van der Waals surface area contributed by atoms with Gasteiger partial charge in [0.05, 0.1) is 25.4 Å². The van der Waals surface area contributed by atoms with Crippen LogP contribution in [-0.2, 0) is 14.3 Å². The minimum Gasteiger partial charge on any atom is -0.466 e. The van der Waals surface area contributed by atoms with Crippen LogP contribution in [0.15, 0.2) is 36.5 Å². The number of amides is 1. The van der Waals surface area contributed by atoms with Gasteiger partial charge in [0, 0.05) is 12.8 Å². The number of unbranched alkanes of at least 4 members (excludes halogenated alkanes) is 54. The van der Waals surface area contributed by atoms with Gasteiger partial charge >= 0.3 is 5.97 Å². The maximum atomic E-state index is 12.5. The highest BCUT2D eigenvalue weighted by atomic mass is 16.5. The van der Waals surface area contributed by atoms with E-state index < -0.39 is 12.1 Å². The second-order valence-electron chi connectivity index (χ2n) is 25.3. The lowest BCUT2D eigenvalue weighted by Crippen LogP contribution is -2.45. The summed E-state index contributed by atoms with van der Waals surface area (Å²) in [7, 11) is 0. The summed E-state index contributed by atoms with van der Waals surface area (Å²) < 4.78 is 5.50. The highest BCUT2D eigenvalue weighted by Gasteiger charge is 2.18. The molecule has 0 aromatic rings. The molecule has 0 fully saturated rings. The van der Waals surface area contributed by atoms with Crippen molar-refractivity contribution in [2.45, 2.75) is 418 Å². The number of hydrogen-bond donors (Lipinski definition) is 3. The van der Waals surface area contributed by atoms with E-state index in [4.69, 9.17) is 4.74 Å². The van der Waals surface area contributed by atoms with E-state index in [9.17, 15) is 19.8 Å². The van der Waals surface area contributed by atoms with E-state index in [1.165, 1.54) is 334 Å². The molecule has 1 amide bonds. The predicted molar refractivity (Wildman–Crippen MR) is 356 cm³/mol. The van der Waals surface area contributed by atoms with Gasteiger partial charge in [0.15, 0.2) is 0 Å². The van der Waals surface area contributed by atoms with Crippen molar-refractivity contribution in [1.29, 1.82) is 0 Å². The lowest BCUT2D eigenvalue weighted by molar-refractivity contribution is -0.143. The smallest absolute Gasteiger partial charge is 0.305 e. The topological polar surface area (TPSA) is 95.9 Å². The lowest BCUT2D eigenvalue weighted by atomic mass is 10.0. The molecule has 0 saturated heterocycles. The van der Waals surface area contributed by atoms with Crippen molar-refractivity contribution >= 4 is 11.9 Å². The van der Waals surface area contributed by atoms with E-state index in [1.54, 1.807) is 6.08 Å². The molecule has 6 heteroatoms. The zero-order valence-electron chi connectivity index (χ0n) is 54.8. The molecule has 0 bridgehead atoms. The monoisotopic (exact) mass is 1140 g/mol. The number of aliphatic hydroxyl groups excluding tert-OH is 2. The first-order chi connectivity index (χ1) is 40.0. The van der Waals surface area contributed by atoms with Crippen LogP contribution in [0.3, 0.4) is 0 Å². The van der Waals surface area contributed by atoms with Crippen LogP contribution in [0, 0.1) is 0 Å². The second kappa shape index (κ2) is 70.6. The Labute approximate surface area is 506 Å². The molecule has 0 aliphatic rings. The van der Waals surface area contributed by atoms with E-state index in [2.05, 4.69) is 43.5 Å². The molecule has 0 heterocycles. The van der Waals surface area contributed by atoms with Crippen molar-refractivity contribution in [2.24, 2.45) is 0 Å². The van der Waals surface area contributed by atoms with Crippen molar-refractivity contribution in [3.8, 4) is 0 Å². The molecule has 2 atom stereocenters. The average molecular weight is 1140 g/mol. The van der Waals surface area contributed by atoms with Gasteiger partial charge in [-0.05, 0) is 83.5 Å². The number of allylic oxidation sites excluding steroid dienone is 5. The molecule has 81 heavy (non-hydrogen) atoms. The molecule has 0 rings (SSSR count). The SMILES string of the molecule is CCCCCCCC/C=C\CCCCCCCCCC(=O)OCCCCCCCCCCCCCC/C=C\CCCCCCCCCCCCC(=O)NC(CO)C(O)/C=C/CCCCCCCCCCCCCCCCCCCCC. The Bertz CT molecular complexity index is 1310. The number of ether oxygens (including phenoxy) is 1.